The van der Waals surface area contributed by atoms with E-state index in [4.69, 9.17) is 16.0 Å². The Labute approximate surface area is 154 Å². The number of anilines is 1. The van der Waals surface area contributed by atoms with E-state index in [9.17, 15) is 14.9 Å². The van der Waals surface area contributed by atoms with Gasteiger partial charge in [-0.3, -0.25) is 14.9 Å². The van der Waals surface area contributed by atoms with Crippen molar-refractivity contribution in [3.05, 3.63) is 80.6 Å². The SMILES string of the molecule is Cc1ccc([N+](=O)[O-])c(NC(=O)c2ccc(-c3ccc(Cl)cc3)o2)c1C. The molecule has 7 heteroatoms. The van der Waals surface area contributed by atoms with Crippen molar-refractivity contribution in [2.24, 2.45) is 0 Å². The zero-order chi connectivity index (χ0) is 18.8. The van der Waals surface area contributed by atoms with Gasteiger partial charge in [0.1, 0.15) is 11.4 Å². The van der Waals surface area contributed by atoms with Gasteiger partial charge in [0, 0.05) is 16.7 Å². The smallest absolute Gasteiger partial charge is 0.293 e. The summed E-state index contributed by atoms with van der Waals surface area (Å²) in [5.74, 6) is 0.00875. The Morgan fingerprint density at radius 3 is 2.42 bits per heavy atom. The molecule has 1 aromatic heterocycles. The highest BCUT2D eigenvalue weighted by atomic mass is 35.5. The summed E-state index contributed by atoms with van der Waals surface area (Å²) in [6.07, 6.45) is 0. The largest absolute Gasteiger partial charge is 0.451 e. The van der Waals surface area contributed by atoms with Crippen LogP contribution in [0, 0.1) is 24.0 Å². The summed E-state index contributed by atoms with van der Waals surface area (Å²) in [4.78, 5) is 23.2. The second-order valence-corrected chi connectivity index (χ2v) is 6.22. The number of aryl methyl sites for hydroxylation is 1. The number of rotatable bonds is 4. The summed E-state index contributed by atoms with van der Waals surface area (Å²) >= 11 is 5.86. The maximum atomic E-state index is 12.5. The quantitative estimate of drug-likeness (QED) is 0.493. The second kappa shape index (κ2) is 7.01. The van der Waals surface area contributed by atoms with Gasteiger partial charge in [-0.25, -0.2) is 0 Å². The van der Waals surface area contributed by atoms with Crippen molar-refractivity contribution in [1.29, 1.82) is 0 Å². The number of furan rings is 1. The number of amides is 1. The number of nitrogens with one attached hydrogen (secondary N) is 1. The van der Waals surface area contributed by atoms with Crippen LogP contribution in [-0.4, -0.2) is 10.8 Å². The monoisotopic (exact) mass is 370 g/mol. The number of nitro groups is 1. The molecule has 3 rings (SSSR count). The summed E-state index contributed by atoms with van der Waals surface area (Å²) in [7, 11) is 0. The van der Waals surface area contributed by atoms with E-state index in [-0.39, 0.29) is 17.1 Å². The van der Waals surface area contributed by atoms with Crippen molar-refractivity contribution in [3.8, 4) is 11.3 Å². The summed E-state index contributed by atoms with van der Waals surface area (Å²) in [6, 6.07) is 13.2. The lowest BCUT2D eigenvalue weighted by molar-refractivity contribution is -0.384. The molecule has 0 spiro atoms. The van der Waals surface area contributed by atoms with Crippen LogP contribution in [0.25, 0.3) is 11.3 Å². The van der Waals surface area contributed by atoms with Crippen LogP contribution in [-0.2, 0) is 0 Å². The fourth-order valence-electron chi connectivity index (χ4n) is 2.52. The van der Waals surface area contributed by atoms with E-state index < -0.39 is 10.8 Å². The average molecular weight is 371 g/mol. The highest BCUT2D eigenvalue weighted by molar-refractivity contribution is 6.30. The summed E-state index contributed by atoms with van der Waals surface area (Å²) in [5, 5.41) is 14.4. The first kappa shape index (κ1) is 17.7. The first-order valence-corrected chi connectivity index (χ1v) is 8.16. The minimum atomic E-state index is -0.554. The van der Waals surface area contributed by atoms with Gasteiger partial charge in [-0.15, -0.1) is 0 Å². The molecule has 6 nitrogen and oxygen atoms in total. The van der Waals surface area contributed by atoms with Crippen LogP contribution in [0.2, 0.25) is 5.02 Å². The van der Waals surface area contributed by atoms with Gasteiger partial charge >= 0.3 is 0 Å². The van der Waals surface area contributed by atoms with E-state index in [0.29, 0.717) is 16.3 Å². The van der Waals surface area contributed by atoms with Crippen molar-refractivity contribution in [2.75, 3.05) is 5.32 Å². The molecule has 26 heavy (non-hydrogen) atoms. The average Bonchev–Trinajstić information content (AvgIpc) is 3.09. The van der Waals surface area contributed by atoms with E-state index in [1.807, 2.05) is 6.92 Å². The normalized spacial score (nSPS) is 10.6. The molecule has 0 saturated heterocycles. The topological polar surface area (TPSA) is 85.4 Å². The highest BCUT2D eigenvalue weighted by Crippen LogP contribution is 2.31. The van der Waals surface area contributed by atoms with Gasteiger partial charge in [0.15, 0.2) is 5.76 Å². The Hall–Kier alpha value is -3.12. The molecule has 0 radical (unpaired) electrons. The zero-order valence-corrected chi connectivity index (χ0v) is 14.8. The fraction of sp³-hybridized carbons (Fsp3) is 0.105. The summed E-state index contributed by atoms with van der Waals surface area (Å²) < 4.78 is 5.59. The van der Waals surface area contributed by atoms with Gasteiger partial charge in [-0.05, 0) is 61.4 Å². The number of hydrogen-bond acceptors (Lipinski definition) is 4. The Kier molecular flexibility index (Phi) is 4.77. The van der Waals surface area contributed by atoms with Crippen LogP contribution in [0.1, 0.15) is 21.7 Å². The van der Waals surface area contributed by atoms with Crippen molar-refractivity contribution in [3.63, 3.8) is 0 Å². The van der Waals surface area contributed by atoms with Crippen LogP contribution >= 0.6 is 11.6 Å². The lowest BCUT2D eigenvalue weighted by Gasteiger charge is -2.10. The first-order chi connectivity index (χ1) is 12.4. The molecule has 132 valence electrons. The molecule has 0 saturated carbocycles. The fourth-order valence-corrected chi connectivity index (χ4v) is 2.64. The zero-order valence-electron chi connectivity index (χ0n) is 14.1. The Bertz CT molecular complexity index is 993. The minimum absolute atomic E-state index is 0.0603. The second-order valence-electron chi connectivity index (χ2n) is 5.78. The van der Waals surface area contributed by atoms with Crippen molar-refractivity contribution < 1.29 is 14.1 Å². The van der Waals surface area contributed by atoms with Crippen LogP contribution in [0.4, 0.5) is 11.4 Å². The van der Waals surface area contributed by atoms with Crippen LogP contribution in [0.3, 0.4) is 0 Å². The third kappa shape index (κ3) is 3.45. The van der Waals surface area contributed by atoms with E-state index in [1.165, 1.54) is 12.1 Å². The maximum Gasteiger partial charge on any atom is 0.293 e. The third-order valence-corrected chi connectivity index (χ3v) is 4.36. The van der Waals surface area contributed by atoms with E-state index in [0.717, 1.165) is 11.1 Å². The molecule has 1 N–H and O–H groups in total. The molecule has 0 atom stereocenters. The number of hydrogen-bond donors (Lipinski definition) is 1. The molecule has 0 aliphatic heterocycles. The number of benzene rings is 2. The number of nitro benzene ring substituents is 1. The molecule has 1 amide bonds. The predicted molar refractivity (Wildman–Crippen MR) is 99.7 cm³/mol. The number of halogens is 1. The maximum absolute atomic E-state index is 12.5. The lowest BCUT2D eigenvalue weighted by atomic mass is 10.1. The molecule has 2 aromatic carbocycles. The standard InChI is InChI=1S/C19H15ClN2O4/c1-11-3-8-15(22(24)25)18(12(11)2)21-19(23)17-10-9-16(26-17)13-4-6-14(20)7-5-13/h3-10H,1-2H3,(H,21,23). The molecular formula is C19H15ClN2O4. The summed E-state index contributed by atoms with van der Waals surface area (Å²) in [6.45, 7) is 3.54. The lowest BCUT2D eigenvalue weighted by Crippen LogP contribution is -2.13. The van der Waals surface area contributed by atoms with Crippen molar-refractivity contribution in [2.45, 2.75) is 13.8 Å². The van der Waals surface area contributed by atoms with Gasteiger partial charge in [-0.2, -0.15) is 0 Å². The molecule has 0 bridgehead atoms. The number of carbonyl (C=O) groups excluding carboxylic acids is 1. The van der Waals surface area contributed by atoms with Crippen molar-refractivity contribution in [1.82, 2.24) is 0 Å². The first-order valence-electron chi connectivity index (χ1n) is 7.78. The van der Waals surface area contributed by atoms with Gasteiger partial charge < -0.3 is 9.73 Å². The Balaban J connectivity index is 1.89. The molecular weight excluding hydrogens is 356 g/mol. The molecule has 0 fully saturated rings. The van der Waals surface area contributed by atoms with Crippen LogP contribution < -0.4 is 5.32 Å². The van der Waals surface area contributed by atoms with Crippen LogP contribution in [0.15, 0.2) is 52.9 Å². The van der Waals surface area contributed by atoms with Gasteiger partial charge in [0.25, 0.3) is 11.6 Å². The number of carbonyl (C=O) groups is 1. The predicted octanol–water partition coefficient (Wildman–Crippen LogP) is 5.38. The van der Waals surface area contributed by atoms with Crippen LogP contribution in [0.5, 0.6) is 0 Å². The molecule has 1 heterocycles. The van der Waals surface area contributed by atoms with E-state index >= 15 is 0 Å². The molecule has 0 aliphatic carbocycles. The minimum Gasteiger partial charge on any atom is -0.451 e. The molecule has 0 unspecified atom stereocenters. The third-order valence-electron chi connectivity index (χ3n) is 4.11. The Morgan fingerprint density at radius 1 is 1.08 bits per heavy atom. The van der Waals surface area contributed by atoms with E-state index in [2.05, 4.69) is 5.32 Å². The van der Waals surface area contributed by atoms with Crippen molar-refractivity contribution >= 4 is 28.9 Å². The van der Waals surface area contributed by atoms with Gasteiger partial charge in [0.05, 0.1) is 4.92 Å². The molecule has 3 aromatic rings. The summed E-state index contributed by atoms with van der Waals surface area (Å²) in [5.41, 5.74) is 2.26. The number of nitrogens with zero attached hydrogens (tertiary/aromatic N) is 1. The van der Waals surface area contributed by atoms with E-state index in [1.54, 1.807) is 43.3 Å². The molecule has 0 aliphatic rings. The highest BCUT2D eigenvalue weighted by Gasteiger charge is 2.21. The van der Waals surface area contributed by atoms with Gasteiger partial charge in [0.2, 0.25) is 0 Å². The van der Waals surface area contributed by atoms with Gasteiger partial charge in [-0.1, -0.05) is 17.7 Å². The Morgan fingerprint density at radius 2 is 1.77 bits per heavy atom.